The summed E-state index contributed by atoms with van der Waals surface area (Å²) in [6.07, 6.45) is 6.71. The fourth-order valence-electron chi connectivity index (χ4n) is 1.57. The van der Waals surface area contributed by atoms with Crippen LogP contribution in [0.1, 0.15) is 52.9 Å². The van der Waals surface area contributed by atoms with Crippen LogP contribution in [0.2, 0.25) is 0 Å². The van der Waals surface area contributed by atoms with E-state index in [1.807, 2.05) is 0 Å². The maximum Gasteiger partial charge on any atom is 0.0639 e. The molecule has 0 saturated heterocycles. The molecule has 86 valence electrons. The van der Waals surface area contributed by atoms with Crippen molar-refractivity contribution < 1.29 is 4.74 Å². The van der Waals surface area contributed by atoms with Gasteiger partial charge in [-0.05, 0) is 26.8 Å². The van der Waals surface area contributed by atoms with Crippen LogP contribution < -0.4 is 5.32 Å². The van der Waals surface area contributed by atoms with E-state index in [4.69, 9.17) is 4.74 Å². The van der Waals surface area contributed by atoms with E-state index in [0.717, 1.165) is 13.2 Å². The number of unbranched alkanes of at least 4 members (excludes halogenated alkanes) is 4. The zero-order chi connectivity index (χ0) is 10.9. The van der Waals surface area contributed by atoms with Gasteiger partial charge in [0.25, 0.3) is 0 Å². The molecule has 0 heterocycles. The maximum absolute atomic E-state index is 5.14. The molecular formula is C12H27NO. The van der Waals surface area contributed by atoms with Gasteiger partial charge >= 0.3 is 0 Å². The lowest BCUT2D eigenvalue weighted by molar-refractivity contribution is 0.128. The van der Waals surface area contributed by atoms with Gasteiger partial charge in [-0.1, -0.05) is 32.6 Å². The number of ether oxygens (including phenoxy) is 1. The van der Waals surface area contributed by atoms with Crippen molar-refractivity contribution >= 4 is 0 Å². The fourth-order valence-corrected chi connectivity index (χ4v) is 1.57. The topological polar surface area (TPSA) is 21.3 Å². The van der Waals surface area contributed by atoms with Crippen LogP contribution in [0.25, 0.3) is 0 Å². The summed E-state index contributed by atoms with van der Waals surface area (Å²) in [7, 11) is 1.75. The van der Waals surface area contributed by atoms with Crippen LogP contribution in [0.5, 0.6) is 0 Å². The average Bonchev–Trinajstić information content (AvgIpc) is 2.11. The van der Waals surface area contributed by atoms with Crippen molar-refractivity contribution in [3.05, 3.63) is 0 Å². The number of hydrogen-bond donors (Lipinski definition) is 1. The second-order valence-electron chi connectivity index (χ2n) is 4.66. The van der Waals surface area contributed by atoms with Gasteiger partial charge in [0, 0.05) is 12.6 Å². The normalized spacial score (nSPS) is 12.0. The largest absolute Gasteiger partial charge is 0.383 e. The minimum Gasteiger partial charge on any atom is -0.383 e. The third kappa shape index (κ3) is 8.52. The highest BCUT2D eigenvalue weighted by Crippen LogP contribution is 2.05. The monoisotopic (exact) mass is 201 g/mol. The Balaban J connectivity index is 3.26. The Morgan fingerprint density at radius 2 is 1.71 bits per heavy atom. The Morgan fingerprint density at radius 1 is 1.07 bits per heavy atom. The first-order valence-corrected chi connectivity index (χ1v) is 5.86. The summed E-state index contributed by atoms with van der Waals surface area (Å²) in [4.78, 5) is 0. The van der Waals surface area contributed by atoms with Crippen LogP contribution in [0.15, 0.2) is 0 Å². The van der Waals surface area contributed by atoms with Gasteiger partial charge < -0.3 is 10.1 Å². The van der Waals surface area contributed by atoms with Gasteiger partial charge in [0.05, 0.1) is 6.61 Å². The Bertz CT molecular complexity index is 123. The third-order valence-electron chi connectivity index (χ3n) is 2.39. The molecule has 0 bridgehead atoms. The number of methoxy groups -OCH3 is 1. The fraction of sp³-hybridized carbons (Fsp3) is 1.00. The van der Waals surface area contributed by atoms with Gasteiger partial charge in [-0.3, -0.25) is 0 Å². The molecule has 1 N–H and O–H groups in total. The molecule has 0 saturated carbocycles. The summed E-state index contributed by atoms with van der Waals surface area (Å²) in [6.45, 7) is 8.51. The van der Waals surface area contributed by atoms with Crippen molar-refractivity contribution in [3.63, 3.8) is 0 Å². The number of nitrogens with one attached hydrogen (secondary N) is 1. The van der Waals surface area contributed by atoms with Gasteiger partial charge in [-0.15, -0.1) is 0 Å². The lowest BCUT2D eigenvalue weighted by Gasteiger charge is -2.25. The highest BCUT2D eigenvalue weighted by atomic mass is 16.5. The second kappa shape index (κ2) is 8.25. The molecule has 2 heteroatoms. The minimum absolute atomic E-state index is 0.125. The standard InChI is InChI=1S/C12H27NO/c1-5-6-7-8-9-10-13-12(2,3)11-14-4/h13H,5-11H2,1-4H3. The highest BCUT2D eigenvalue weighted by molar-refractivity contribution is 4.76. The van der Waals surface area contributed by atoms with Crippen LogP contribution in [0.3, 0.4) is 0 Å². The molecule has 0 fully saturated rings. The average molecular weight is 201 g/mol. The zero-order valence-electron chi connectivity index (χ0n) is 10.4. The first-order chi connectivity index (χ1) is 6.62. The molecule has 0 atom stereocenters. The van der Waals surface area contributed by atoms with Gasteiger partial charge in [-0.25, -0.2) is 0 Å². The van der Waals surface area contributed by atoms with Gasteiger partial charge in [-0.2, -0.15) is 0 Å². The molecule has 0 unspecified atom stereocenters. The molecule has 0 aliphatic heterocycles. The molecular weight excluding hydrogens is 174 g/mol. The third-order valence-corrected chi connectivity index (χ3v) is 2.39. The Kier molecular flexibility index (Phi) is 8.20. The predicted octanol–water partition coefficient (Wildman–Crippen LogP) is 2.97. The maximum atomic E-state index is 5.14. The summed E-state index contributed by atoms with van der Waals surface area (Å²) >= 11 is 0. The molecule has 0 aromatic carbocycles. The van der Waals surface area contributed by atoms with Crippen molar-refractivity contribution in [2.45, 2.75) is 58.4 Å². The Hall–Kier alpha value is -0.0800. The minimum atomic E-state index is 0.125. The zero-order valence-corrected chi connectivity index (χ0v) is 10.4. The summed E-state index contributed by atoms with van der Waals surface area (Å²) < 4.78 is 5.14. The van der Waals surface area contributed by atoms with Crippen LogP contribution in [-0.2, 0) is 4.74 Å². The molecule has 0 amide bonds. The van der Waals surface area contributed by atoms with Crippen LogP contribution >= 0.6 is 0 Å². The Labute approximate surface area is 89.4 Å². The Morgan fingerprint density at radius 3 is 2.29 bits per heavy atom. The van der Waals surface area contributed by atoms with Crippen molar-refractivity contribution in [1.29, 1.82) is 0 Å². The quantitative estimate of drug-likeness (QED) is 0.579. The van der Waals surface area contributed by atoms with Gasteiger partial charge in [0.2, 0.25) is 0 Å². The first-order valence-electron chi connectivity index (χ1n) is 5.86. The molecule has 0 aromatic rings. The molecule has 0 aliphatic carbocycles. The van der Waals surface area contributed by atoms with E-state index in [1.54, 1.807) is 7.11 Å². The number of hydrogen-bond acceptors (Lipinski definition) is 2. The van der Waals surface area contributed by atoms with Gasteiger partial charge in [0.15, 0.2) is 0 Å². The summed E-state index contributed by atoms with van der Waals surface area (Å²) in [5.74, 6) is 0. The van der Waals surface area contributed by atoms with Crippen LogP contribution in [0, 0.1) is 0 Å². The predicted molar refractivity (Wildman–Crippen MR) is 62.7 cm³/mol. The molecule has 0 spiro atoms. The molecule has 0 rings (SSSR count). The summed E-state index contributed by atoms with van der Waals surface area (Å²) in [5.41, 5.74) is 0.125. The second-order valence-corrected chi connectivity index (χ2v) is 4.66. The molecule has 0 radical (unpaired) electrons. The smallest absolute Gasteiger partial charge is 0.0639 e. The van der Waals surface area contributed by atoms with Crippen LogP contribution in [-0.4, -0.2) is 25.8 Å². The van der Waals surface area contributed by atoms with Gasteiger partial charge in [0.1, 0.15) is 0 Å². The first kappa shape index (κ1) is 13.9. The van der Waals surface area contributed by atoms with E-state index in [-0.39, 0.29) is 5.54 Å². The number of rotatable bonds is 9. The van der Waals surface area contributed by atoms with E-state index >= 15 is 0 Å². The van der Waals surface area contributed by atoms with E-state index < -0.39 is 0 Å². The summed E-state index contributed by atoms with van der Waals surface area (Å²) in [5, 5.41) is 3.51. The van der Waals surface area contributed by atoms with Crippen molar-refractivity contribution in [2.24, 2.45) is 0 Å². The van der Waals surface area contributed by atoms with E-state index in [9.17, 15) is 0 Å². The highest BCUT2D eigenvalue weighted by Gasteiger charge is 2.15. The molecule has 2 nitrogen and oxygen atoms in total. The lowest BCUT2D eigenvalue weighted by atomic mass is 10.1. The van der Waals surface area contributed by atoms with Crippen molar-refractivity contribution in [3.8, 4) is 0 Å². The van der Waals surface area contributed by atoms with E-state index in [1.165, 1.54) is 32.1 Å². The molecule has 0 aromatic heterocycles. The van der Waals surface area contributed by atoms with E-state index in [0.29, 0.717) is 0 Å². The SMILES string of the molecule is CCCCCCCNC(C)(C)COC. The van der Waals surface area contributed by atoms with Crippen molar-refractivity contribution in [1.82, 2.24) is 5.32 Å². The van der Waals surface area contributed by atoms with Crippen molar-refractivity contribution in [2.75, 3.05) is 20.3 Å². The van der Waals surface area contributed by atoms with E-state index in [2.05, 4.69) is 26.1 Å². The van der Waals surface area contributed by atoms with Crippen LogP contribution in [0.4, 0.5) is 0 Å². The molecule has 14 heavy (non-hydrogen) atoms. The lowest BCUT2D eigenvalue weighted by Crippen LogP contribution is -2.43. The summed E-state index contributed by atoms with van der Waals surface area (Å²) in [6, 6.07) is 0. The molecule has 0 aliphatic rings.